The van der Waals surface area contributed by atoms with Crippen molar-refractivity contribution in [1.82, 2.24) is 35.4 Å². The van der Waals surface area contributed by atoms with Gasteiger partial charge in [0.2, 0.25) is 11.9 Å². The number of anilines is 2. The number of rotatable bonds is 7. The molecule has 13 nitrogen and oxygen atoms in total. The summed E-state index contributed by atoms with van der Waals surface area (Å²) < 4.78 is 12.0. The van der Waals surface area contributed by atoms with Gasteiger partial charge in [-0.1, -0.05) is 0 Å². The summed E-state index contributed by atoms with van der Waals surface area (Å²) in [5, 5.41) is 8.76. The summed E-state index contributed by atoms with van der Waals surface area (Å²) in [6.45, 7) is 3.84. The summed E-state index contributed by atoms with van der Waals surface area (Å²) in [5.41, 5.74) is 3.47. The van der Waals surface area contributed by atoms with Crippen LogP contribution in [0.5, 0.6) is 6.01 Å². The molecule has 1 aliphatic heterocycles. The number of hydroxylamine groups is 1. The van der Waals surface area contributed by atoms with Gasteiger partial charge in [0.25, 0.3) is 5.91 Å². The molecule has 4 aromatic rings. The number of aromatic nitrogens is 6. The largest absolute Gasteiger partial charge is 0.467 e. The van der Waals surface area contributed by atoms with E-state index in [1.165, 1.54) is 19.5 Å². The highest BCUT2D eigenvalue weighted by Gasteiger charge is 2.25. The summed E-state index contributed by atoms with van der Waals surface area (Å²) in [5.74, 6) is 0.430. The lowest BCUT2D eigenvalue weighted by Gasteiger charge is -2.32. The Morgan fingerprint density at radius 2 is 1.97 bits per heavy atom. The quantitative estimate of drug-likeness (QED) is 0.270. The van der Waals surface area contributed by atoms with E-state index in [2.05, 4.69) is 35.9 Å². The molecule has 2 N–H and O–H groups in total. The monoisotopic (exact) mass is 523 g/mol. The van der Waals surface area contributed by atoms with Crippen LogP contribution in [-0.4, -0.2) is 74.9 Å². The average Bonchev–Trinajstić information content (AvgIpc) is 3.40. The fourth-order valence-electron chi connectivity index (χ4n) is 3.89. The number of hydrogen-bond donors (Lipinski definition) is 2. The molecule has 0 bridgehead atoms. The van der Waals surface area contributed by atoms with Gasteiger partial charge < -0.3 is 19.3 Å². The first-order valence-electron chi connectivity index (χ1n) is 11.4. The van der Waals surface area contributed by atoms with Crippen molar-refractivity contribution < 1.29 is 19.5 Å². The molecule has 5 heterocycles. The molecule has 2 atom stereocenters. The standard InChI is InChI=1S/C23H25N9O4S/c1-13(31(2)21-24-9-15(10-25-21)20(33)30-34)18-6-16-19(37-18)11-26-22(29-16)32-4-5-36-17(12-32)14-7-27-23(35-3)28-8-14/h6-11,13,17,34H,4-5,12H2,1-3H3,(H,30,33). The van der Waals surface area contributed by atoms with E-state index >= 15 is 0 Å². The number of fused-ring (bicyclic) bond motifs is 1. The third-order valence-electron chi connectivity index (χ3n) is 6.14. The van der Waals surface area contributed by atoms with Crippen molar-refractivity contribution >= 4 is 39.4 Å². The highest BCUT2D eigenvalue weighted by atomic mass is 32.1. The summed E-state index contributed by atoms with van der Waals surface area (Å²) in [6, 6.07) is 2.31. The molecule has 1 saturated heterocycles. The number of hydrogen-bond acceptors (Lipinski definition) is 13. The molecule has 0 aliphatic carbocycles. The predicted octanol–water partition coefficient (Wildman–Crippen LogP) is 2.17. The minimum Gasteiger partial charge on any atom is -0.467 e. The van der Waals surface area contributed by atoms with Crippen molar-refractivity contribution in [1.29, 1.82) is 0 Å². The van der Waals surface area contributed by atoms with Crippen molar-refractivity contribution in [2.75, 3.05) is 43.7 Å². The number of carbonyl (C=O) groups excluding carboxylic acids is 1. The van der Waals surface area contributed by atoms with Crippen molar-refractivity contribution in [2.45, 2.75) is 19.1 Å². The summed E-state index contributed by atoms with van der Waals surface area (Å²) in [6.07, 6.45) is 7.82. The Hall–Kier alpha value is -4.01. The number of carbonyl (C=O) groups is 1. The molecule has 37 heavy (non-hydrogen) atoms. The van der Waals surface area contributed by atoms with Gasteiger partial charge in [-0.05, 0) is 13.0 Å². The van der Waals surface area contributed by atoms with E-state index in [0.717, 1.165) is 20.7 Å². The molecule has 0 saturated carbocycles. The Balaban J connectivity index is 1.31. The molecule has 2 unspecified atom stereocenters. The number of nitrogens with zero attached hydrogens (tertiary/aromatic N) is 8. The Morgan fingerprint density at radius 3 is 2.68 bits per heavy atom. The predicted molar refractivity (Wildman–Crippen MR) is 135 cm³/mol. The maximum Gasteiger partial charge on any atom is 0.316 e. The number of nitrogens with one attached hydrogen (secondary N) is 1. The van der Waals surface area contributed by atoms with Crippen LogP contribution in [0.3, 0.4) is 0 Å². The number of methoxy groups -OCH3 is 1. The van der Waals surface area contributed by atoms with E-state index in [1.54, 1.807) is 29.2 Å². The van der Waals surface area contributed by atoms with Crippen LogP contribution in [0.15, 0.2) is 37.1 Å². The lowest BCUT2D eigenvalue weighted by atomic mass is 10.1. The van der Waals surface area contributed by atoms with Crippen LogP contribution >= 0.6 is 11.3 Å². The fraction of sp³-hybridized carbons (Fsp3) is 0.348. The van der Waals surface area contributed by atoms with Gasteiger partial charge in [0.05, 0.1) is 48.3 Å². The van der Waals surface area contributed by atoms with Crippen LogP contribution < -0.4 is 20.0 Å². The van der Waals surface area contributed by atoms with E-state index in [-0.39, 0.29) is 17.7 Å². The SMILES string of the molecule is COc1ncc(C2CN(c3ncc4sc(C(C)N(C)c5ncc(C(=O)NO)cn5)cc4n3)CCO2)cn1. The minimum absolute atomic E-state index is 0.0528. The van der Waals surface area contributed by atoms with Crippen LogP contribution in [0.25, 0.3) is 10.2 Å². The maximum atomic E-state index is 11.5. The molecule has 14 heteroatoms. The van der Waals surface area contributed by atoms with Crippen molar-refractivity contribution in [3.8, 4) is 6.01 Å². The zero-order valence-electron chi connectivity index (χ0n) is 20.4. The van der Waals surface area contributed by atoms with Crippen LogP contribution in [0, 0.1) is 0 Å². The van der Waals surface area contributed by atoms with Gasteiger partial charge in [-0.2, -0.15) is 0 Å². The lowest BCUT2D eigenvalue weighted by Crippen LogP contribution is -2.39. The highest BCUT2D eigenvalue weighted by molar-refractivity contribution is 7.19. The molecule has 4 aromatic heterocycles. The summed E-state index contributed by atoms with van der Waals surface area (Å²) in [7, 11) is 3.41. The topological polar surface area (TPSA) is 152 Å². The van der Waals surface area contributed by atoms with E-state index in [1.807, 2.05) is 25.1 Å². The van der Waals surface area contributed by atoms with Crippen LogP contribution in [0.2, 0.25) is 0 Å². The zero-order valence-corrected chi connectivity index (χ0v) is 21.2. The van der Waals surface area contributed by atoms with E-state index in [9.17, 15) is 4.79 Å². The number of amides is 1. The van der Waals surface area contributed by atoms with Gasteiger partial charge in [0.15, 0.2) is 0 Å². The van der Waals surface area contributed by atoms with Crippen molar-refractivity contribution in [3.63, 3.8) is 0 Å². The molecule has 192 valence electrons. The normalized spacial score (nSPS) is 16.4. The maximum absolute atomic E-state index is 11.5. The molecule has 1 fully saturated rings. The first-order valence-corrected chi connectivity index (χ1v) is 12.3. The third kappa shape index (κ3) is 5.12. The first kappa shape index (κ1) is 24.7. The third-order valence-corrected chi connectivity index (χ3v) is 7.37. The molecule has 0 radical (unpaired) electrons. The number of ether oxygens (including phenoxy) is 2. The molecule has 0 aromatic carbocycles. The Labute approximate surface area is 216 Å². The Kier molecular flexibility index (Phi) is 7.03. The van der Waals surface area contributed by atoms with Gasteiger partial charge in [0.1, 0.15) is 6.10 Å². The Bertz CT molecular complexity index is 1380. The van der Waals surface area contributed by atoms with Gasteiger partial charge in [-0.3, -0.25) is 10.0 Å². The molecular weight excluding hydrogens is 498 g/mol. The van der Waals surface area contributed by atoms with Crippen LogP contribution in [0.4, 0.5) is 11.9 Å². The van der Waals surface area contributed by atoms with Gasteiger partial charge in [0, 0.05) is 48.8 Å². The van der Waals surface area contributed by atoms with E-state index < -0.39 is 5.91 Å². The van der Waals surface area contributed by atoms with Gasteiger partial charge >= 0.3 is 6.01 Å². The van der Waals surface area contributed by atoms with E-state index in [0.29, 0.717) is 37.6 Å². The van der Waals surface area contributed by atoms with Crippen LogP contribution in [0.1, 0.15) is 39.9 Å². The summed E-state index contributed by atoms with van der Waals surface area (Å²) in [4.78, 5) is 42.9. The second kappa shape index (κ2) is 10.5. The first-order chi connectivity index (χ1) is 18.0. The summed E-state index contributed by atoms with van der Waals surface area (Å²) >= 11 is 1.61. The smallest absolute Gasteiger partial charge is 0.316 e. The molecule has 1 amide bonds. The van der Waals surface area contributed by atoms with Gasteiger partial charge in [-0.25, -0.2) is 35.4 Å². The molecule has 0 spiro atoms. The second-order valence-electron chi connectivity index (χ2n) is 8.38. The fourth-order valence-corrected chi connectivity index (χ4v) is 4.95. The van der Waals surface area contributed by atoms with Crippen molar-refractivity contribution in [2.24, 2.45) is 0 Å². The molecule has 5 rings (SSSR count). The lowest BCUT2D eigenvalue weighted by molar-refractivity contribution is 0.0387. The zero-order chi connectivity index (χ0) is 25.9. The Morgan fingerprint density at radius 1 is 1.22 bits per heavy atom. The number of morpholine rings is 1. The highest BCUT2D eigenvalue weighted by Crippen LogP contribution is 2.33. The van der Waals surface area contributed by atoms with E-state index in [4.69, 9.17) is 19.7 Å². The molecule has 1 aliphatic rings. The van der Waals surface area contributed by atoms with Crippen LogP contribution in [-0.2, 0) is 4.74 Å². The van der Waals surface area contributed by atoms with Gasteiger partial charge in [-0.15, -0.1) is 11.3 Å². The molecular formula is C23H25N9O4S. The van der Waals surface area contributed by atoms with Crippen molar-refractivity contribution in [3.05, 3.63) is 53.1 Å². The average molecular weight is 524 g/mol. The number of thiophene rings is 1. The minimum atomic E-state index is -0.662. The second-order valence-corrected chi connectivity index (χ2v) is 9.49.